The number of hydrogen-bond acceptors (Lipinski definition) is 8. The normalized spacial score (nSPS) is 31.1. The third-order valence-corrected chi connectivity index (χ3v) is 10.4. The lowest BCUT2D eigenvalue weighted by Crippen LogP contribution is -2.76. The van der Waals surface area contributed by atoms with Crippen molar-refractivity contribution in [2.24, 2.45) is 34.5 Å². The van der Waals surface area contributed by atoms with Gasteiger partial charge in [-0.05, 0) is 71.9 Å². The minimum absolute atomic E-state index is 0.0657. The molecule has 2 aromatic carbocycles. The summed E-state index contributed by atoms with van der Waals surface area (Å²) in [5.74, 6) is -10.7. The highest BCUT2D eigenvalue weighted by Crippen LogP contribution is 2.64. The van der Waals surface area contributed by atoms with Crippen molar-refractivity contribution in [3.63, 3.8) is 0 Å². The number of ether oxygens (including phenoxy) is 1. The number of Topliss-reactive ketones (excluding diaryl/α,β-unsaturated/α-hetero) is 5. The van der Waals surface area contributed by atoms with Gasteiger partial charge in [0.25, 0.3) is 0 Å². The summed E-state index contributed by atoms with van der Waals surface area (Å²) in [6.07, 6.45) is -4.87. The number of alkyl halides is 3. The molecule has 2 fully saturated rings. The SMILES string of the molecule is CC(=O)C1C(=O)C(C(C)C)[C@@]2(C)C[C@@]3(C)Cc4c(C(C)C)cc(-c5ccc(OC(F)(F)F)cc5)c(O)c4C(=O)C3C(=O)[C@@]2(O)C1=O. The Labute approximate surface area is 264 Å². The van der Waals surface area contributed by atoms with E-state index < -0.39 is 86.9 Å². The number of aliphatic hydroxyl groups is 1. The summed E-state index contributed by atoms with van der Waals surface area (Å²) < 4.78 is 42.1. The Bertz CT molecular complexity index is 1690. The molecule has 3 unspecified atom stereocenters. The van der Waals surface area contributed by atoms with E-state index in [2.05, 4.69) is 4.74 Å². The van der Waals surface area contributed by atoms with Gasteiger partial charge in [-0.25, -0.2) is 0 Å². The lowest BCUT2D eigenvalue weighted by atomic mass is 9.39. The van der Waals surface area contributed by atoms with Crippen LogP contribution >= 0.6 is 0 Å². The molecule has 8 nitrogen and oxygen atoms in total. The van der Waals surface area contributed by atoms with Crippen LogP contribution in [0.25, 0.3) is 11.1 Å². The van der Waals surface area contributed by atoms with E-state index in [1.54, 1.807) is 26.8 Å². The Kier molecular flexibility index (Phi) is 7.71. The van der Waals surface area contributed by atoms with Crippen LogP contribution in [-0.2, 0) is 25.6 Å². The molecule has 46 heavy (non-hydrogen) atoms. The number of carbonyl (C=O) groups is 5. The van der Waals surface area contributed by atoms with Crippen molar-refractivity contribution in [3.8, 4) is 22.6 Å². The quantitative estimate of drug-likeness (QED) is 0.392. The molecule has 3 aliphatic carbocycles. The molecule has 0 aliphatic heterocycles. The van der Waals surface area contributed by atoms with E-state index in [1.165, 1.54) is 19.1 Å². The van der Waals surface area contributed by atoms with Crippen molar-refractivity contribution in [3.05, 3.63) is 47.0 Å². The highest BCUT2D eigenvalue weighted by Gasteiger charge is 2.76. The molecule has 0 aromatic heterocycles. The first-order chi connectivity index (χ1) is 21.1. The summed E-state index contributed by atoms with van der Waals surface area (Å²) in [5.41, 5.74) is -4.21. The molecule has 246 valence electrons. The molecule has 11 heteroatoms. The van der Waals surface area contributed by atoms with Crippen LogP contribution in [0.3, 0.4) is 0 Å². The van der Waals surface area contributed by atoms with Crippen molar-refractivity contribution < 1.29 is 52.1 Å². The largest absolute Gasteiger partial charge is 0.573 e. The molecule has 0 amide bonds. The fraction of sp³-hybridized carbons (Fsp3) is 0.514. The molecule has 0 radical (unpaired) electrons. The summed E-state index contributed by atoms with van der Waals surface area (Å²) in [6.45, 7) is 11.5. The van der Waals surface area contributed by atoms with E-state index in [1.807, 2.05) is 13.8 Å². The zero-order valence-electron chi connectivity index (χ0n) is 26.7. The lowest BCUT2D eigenvalue weighted by Gasteiger charge is -2.62. The first-order valence-electron chi connectivity index (χ1n) is 15.2. The number of halogens is 3. The molecule has 2 aromatic rings. The van der Waals surface area contributed by atoms with E-state index in [9.17, 15) is 47.4 Å². The second-order valence-corrected chi connectivity index (χ2v) is 14.3. The fourth-order valence-electron chi connectivity index (χ4n) is 8.80. The van der Waals surface area contributed by atoms with Crippen molar-refractivity contribution >= 4 is 28.9 Å². The molecular weight excluding hydrogens is 605 g/mol. The first kappa shape index (κ1) is 33.5. The zero-order chi connectivity index (χ0) is 34.5. The maximum absolute atomic E-state index is 14.5. The van der Waals surface area contributed by atoms with E-state index >= 15 is 0 Å². The number of phenolic OH excluding ortho intramolecular Hbond substituents is 1. The van der Waals surface area contributed by atoms with Crippen LogP contribution in [0.5, 0.6) is 11.5 Å². The molecule has 3 aliphatic rings. The van der Waals surface area contributed by atoms with E-state index in [-0.39, 0.29) is 35.4 Å². The monoisotopic (exact) mass is 642 g/mol. The van der Waals surface area contributed by atoms with Crippen LogP contribution in [-0.4, -0.2) is 51.1 Å². The van der Waals surface area contributed by atoms with Crippen LogP contribution in [0, 0.1) is 34.5 Å². The average molecular weight is 643 g/mol. The molecule has 0 saturated heterocycles. The number of carbonyl (C=O) groups excluding carboxylic acids is 5. The first-order valence-corrected chi connectivity index (χ1v) is 15.2. The van der Waals surface area contributed by atoms with Crippen LogP contribution in [0.1, 0.15) is 82.3 Å². The van der Waals surface area contributed by atoms with Crippen molar-refractivity contribution in [1.82, 2.24) is 0 Å². The van der Waals surface area contributed by atoms with Crippen molar-refractivity contribution in [2.75, 3.05) is 0 Å². The molecule has 0 spiro atoms. The molecule has 5 rings (SSSR count). The van der Waals surface area contributed by atoms with E-state index in [0.717, 1.165) is 19.1 Å². The minimum atomic E-state index is -4.90. The molecule has 2 saturated carbocycles. The minimum Gasteiger partial charge on any atom is -0.507 e. The second kappa shape index (κ2) is 10.6. The third kappa shape index (κ3) is 4.64. The standard InChI is InChI=1S/C35H37F3O8/c1-15(2)20-12-21(18-8-10-19(11-9-18)46-35(36,37)38)27(40)24-22(20)13-32(6)14-33(7)25(16(3)4)28(41)23(17(5)39)30(43)34(33,45)31(44)26(32)29(24)42/h8-12,15-16,23,25-26,40,45H,13-14H2,1-7H3/t23?,25?,26?,32-,33-,34+/m1/s1. The Morgan fingerprint density at radius 2 is 1.59 bits per heavy atom. The van der Waals surface area contributed by atoms with Crippen molar-refractivity contribution in [1.29, 1.82) is 0 Å². The fourth-order valence-corrected chi connectivity index (χ4v) is 8.80. The van der Waals surface area contributed by atoms with Gasteiger partial charge in [0.2, 0.25) is 0 Å². The second-order valence-electron chi connectivity index (χ2n) is 14.3. The number of rotatable bonds is 5. The molecule has 0 bridgehead atoms. The molecule has 2 N–H and O–H groups in total. The zero-order valence-corrected chi connectivity index (χ0v) is 26.7. The van der Waals surface area contributed by atoms with E-state index in [4.69, 9.17) is 0 Å². The van der Waals surface area contributed by atoms with Gasteiger partial charge in [0, 0.05) is 16.9 Å². The number of phenols is 1. The van der Waals surface area contributed by atoms with Crippen LogP contribution in [0.2, 0.25) is 0 Å². The van der Waals surface area contributed by atoms with Crippen LogP contribution in [0.4, 0.5) is 13.2 Å². The summed E-state index contributed by atoms with van der Waals surface area (Å²) in [5, 5.41) is 23.8. The van der Waals surface area contributed by atoms with Gasteiger partial charge in [-0.3, -0.25) is 24.0 Å². The average Bonchev–Trinajstić information content (AvgIpc) is 2.90. The maximum Gasteiger partial charge on any atom is 0.573 e. The number of aromatic hydroxyl groups is 1. The van der Waals surface area contributed by atoms with Crippen LogP contribution in [0.15, 0.2) is 30.3 Å². The number of fused-ring (bicyclic) bond motifs is 3. The Morgan fingerprint density at radius 1 is 1.00 bits per heavy atom. The third-order valence-electron chi connectivity index (χ3n) is 10.4. The number of ketones is 5. The Hall–Kier alpha value is -3.86. The maximum atomic E-state index is 14.5. The topological polar surface area (TPSA) is 135 Å². The summed E-state index contributed by atoms with van der Waals surface area (Å²) in [4.78, 5) is 69.1. The number of benzene rings is 2. The summed E-state index contributed by atoms with van der Waals surface area (Å²) >= 11 is 0. The highest BCUT2D eigenvalue weighted by molar-refractivity contribution is 6.32. The Balaban J connectivity index is 1.70. The predicted molar refractivity (Wildman–Crippen MR) is 159 cm³/mol. The van der Waals surface area contributed by atoms with Gasteiger partial charge in [-0.15, -0.1) is 13.2 Å². The van der Waals surface area contributed by atoms with Gasteiger partial charge in [0.05, 0.1) is 11.5 Å². The van der Waals surface area contributed by atoms with Gasteiger partial charge >= 0.3 is 6.36 Å². The smallest absolute Gasteiger partial charge is 0.507 e. The summed E-state index contributed by atoms with van der Waals surface area (Å²) in [6, 6.07) is 6.41. The Morgan fingerprint density at radius 3 is 2.09 bits per heavy atom. The van der Waals surface area contributed by atoms with Gasteiger partial charge in [-0.1, -0.05) is 53.7 Å². The summed E-state index contributed by atoms with van der Waals surface area (Å²) in [7, 11) is 0. The lowest BCUT2D eigenvalue weighted by molar-refractivity contribution is -0.274. The molecular formula is C35H37F3O8. The van der Waals surface area contributed by atoms with Crippen LogP contribution < -0.4 is 4.74 Å². The van der Waals surface area contributed by atoms with Gasteiger partial charge < -0.3 is 14.9 Å². The van der Waals surface area contributed by atoms with Crippen molar-refractivity contribution in [2.45, 2.75) is 79.2 Å². The molecule has 0 heterocycles. The number of hydrogen-bond donors (Lipinski definition) is 2. The van der Waals surface area contributed by atoms with E-state index in [0.29, 0.717) is 11.1 Å². The van der Waals surface area contributed by atoms with Gasteiger partial charge in [0.15, 0.2) is 28.7 Å². The van der Waals surface area contributed by atoms with Gasteiger partial charge in [-0.2, -0.15) is 0 Å². The highest BCUT2D eigenvalue weighted by atomic mass is 19.4. The van der Waals surface area contributed by atoms with Gasteiger partial charge in [0.1, 0.15) is 23.2 Å². The molecule has 6 atom stereocenters. The predicted octanol–water partition coefficient (Wildman–Crippen LogP) is 5.78.